The molecule has 0 aliphatic rings. The molecule has 3 rings (SSSR count). The average Bonchev–Trinajstić information content (AvgIpc) is 2.58. The molecule has 0 aliphatic carbocycles. The van der Waals surface area contributed by atoms with Crippen LogP contribution in [0.25, 0.3) is 0 Å². The summed E-state index contributed by atoms with van der Waals surface area (Å²) >= 11 is 3.47. The second-order valence-corrected chi connectivity index (χ2v) is 6.54. The topological polar surface area (TPSA) is 49.8 Å². The van der Waals surface area contributed by atoms with Gasteiger partial charge in [0.2, 0.25) is 5.95 Å². The van der Waals surface area contributed by atoms with Gasteiger partial charge in [0.05, 0.1) is 0 Å². The van der Waals surface area contributed by atoms with Gasteiger partial charge < -0.3 is 10.6 Å². The molecule has 3 aromatic rings. The number of hydrogen-bond donors (Lipinski definition) is 2. The smallest absolute Gasteiger partial charge is 0.229 e. The van der Waals surface area contributed by atoms with E-state index in [1.54, 1.807) is 6.20 Å². The SMILES string of the molecule is Cc1cc(Br)ccc1Nc1nccc(NC(C)c2ccccc2)n1. The normalized spacial score (nSPS) is 11.8. The first-order valence-electron chi connectivity index (χ1n) is 7.79. The van der Waals surface area contributed by atoms with Crippen LogP contribution in [-0.4, -0.2) is 9.97 Å². The Hall–Kier alpha value is -2.40. The van der Waals surface area contributed by atoms with E-state index in [-0.39, 0.29) is 6.04 Å². The lowest BCUT2D eigenvalue weighted by Gasteiger charge is -2.15. The highest BCUT2D eigenvalue weighted by atomic mass is 79.9. The first-order chi connectivity index (χ1) is 11.6. The van der Waals surface area contributed by atoms with Gasteiger partial charge in [0.1, 0.15) is 5.82 Å². The summed E-state index contributed by atoms with van der Waals surface area (Å²) in [5.74, 6) is 1.37. The number of aryl methyl sites for hydroxylation is 1. The Labute approximate surface area is 150 Å². The number of nitrogens with zero attached hydrogens (tertiary/aromatic N) is 2. The van der Waals surface area contributed by atoms with Crippen molar-refractivity contribution in [3.63, 3.8) is 0 Å². The lowest BCUT2D eigenvalue weighted by atomic mass is 10.1. The minimum atomic E-state index is 0.170. The predicted octanol–water partition coefficient (Wildman–Crippen LogP) is 5.46. The largest absolute Gasteiger partial charge is 0.363 e. The van der Waals surface area contributed by atoms with Crippen LogP contribution in [0.4, 0.5) is 17.5 Å². The number of hydrogen-bond acceptors (Lipinski definition) is 4. The lowest BCUT2D eigenvalue weighted by molar-refractivity contribution is 0.873. The van der Waals surface area contributed by atoms with Gasteiger partial charge in [-0.3, -0.25) is 0 Å². The zero-order chi connectivity index (χ0) is 16.9. The van der Waals surface area contributed by atoms with Crippen LogP contribution in [0.5, 0.6) is 0 Å². The van der Waals surface area contributed by atoms with E-state index in [0.717, 1.165) is 21.5 Å². The summed E-state index contributed by atoms with van der Waals surface area (Å²) in [5.41, 5.74) is 3.34. The van der Waals surface area contributed by atoms with Crippen molar-refractivity contribution in [2.75, 3.05) is 10.6 Å². The van der Waals surface area contributed by atoms with Gasteiger partial charge in [0.15, 0.2) is 0 Å². The van der Waals surface area contributed by atoms with E-state index in [4.69, 9.17) is 0 Å². The molecule has 122 valence electrons. The number of aromatic nitrogens is 2. The molecule has 0 bridgehead atoms. The third-order valence-corrected chi connectivity index (χ3v) is 4.25. The Morgan fingerprint density at radius 2 is 1.83 bits per heavy atom. The van der Waals surface area contributed by atoms with Crippen molar-refractivity contribution in [2.24, 2.45) is 0 Å². The molecule has 2 aromatic carbocycles. The van der Waals surface area contributed by atoms with E-state index in [1.165, 1.54) is 5.56 Å². The molecule has 24 heavy (non-hydrogen) atoms. The van der Waals surface area contributed by atoms with Gasteiger partial charge in [-0.15, -0.1) is 0 Å². The van der Waals surface area contributed by atoms with E-state index >= 15 is 0 Å². The number of benzene rings is 2. The molecule has 0 aliphatic heterocycles. The Balaban J connectivity index is 1.74. The van der Waals surface area contributed by atoms with Crippen molar-refractivity contribution >= 4 is 33.4 Å². The quantitative estimate of drug-likeness (QED) is 0.614. The summed E-state index contributed by atoms with van der Waals surface area (Å²) in [4.78, 5) is 8.86. The minimum Gasteiger partial charge on any atom is -0.363 e. The van der Waals surface area contributed by atoms with Gasteiger partial charge in [-0.25, -0.2) is 4.98 Å². The molecule has 0 amide bonds. The number of nitrogens with one attached hydrogen (secondary N) is 2. The molecule has 0 saturated carbocycles. The van der Waals surface area contributed by atoms with Crippen LogP contribution >= 0.6 is 15.9 Å². The highest BCUT2D eigenvalue weighted by Crippen LogP contribution is 2.23. The molecular weight excluding hydrogens is 364 g/mol. The third-order valence-electron chi connectivity index (χ3n) is 3.75. The molecule has 1 aromatic heterocycles. The van der Waals surface area contributed by atoms with Gasteiger partial charge in [-0.1, -0.05) is 46.3 Å². The van der Waals surface area contributed by atoms with Crippen molar-refractivity contribution in [1.29, 1.82) is 0 Å². The summed E-state index contributed by atoms with van der Waals surface area (Å²) < 4.78 is 1.05. The molecule has 0 radical (unpaired) electrons. The zero-order valence-electron chi connectivity index (χ0n) is 13.6. The maximum atomic E-state index is 4.55. The van der Waals surface area contributed by atoms with Gasteiger partial charge in [0, 0.05) is 22.4 Å². The van der Waals surface area contributed by atoms with Gasteiger partial charge in [0.25, 0.3) is 0 Å². The number of halogens is 1. The monoisotopic (exact) mass is 382 g/mol. The minimum absolute atomic E-state index is 0.170. The zero-order valence-corrected chi connectivity index (χ0v) is 15.2. The highest BCUT2D eigenvalue weighted by Gasteiger charge is 2.07. The fraction of sp³-hybridized carbons (Fsp3) is 0.158. The fourth-order valence-corrected chi connectivity index (χ4v) is 2.91. The Kier molecular flexibility index (Phi) is 5.11. The summed E-state index contributed by atoms with van der Waals surface area (Å²) in [5, 5.41) is 6.68. The molecule has 5 heteroatoms. The Bertz CT molecular complexity index is 821. The van der Waals surface area contributed by atoms with E-state index in [2.05, 4.69) is 61.7 Å². The Morgan fingerprint density at radius 3 is 2.58 bits per heavy atom. The molecule has 0 saturated heterocycles. The maximum absolute atomic E-state index is 4.55. The summed E-state index contributed by atoms with van der Waals surface area (Å²) in [6, 6.07) is 18.4. The second kappa shape index (κ2) is 7.45. The first kappa shape index (κ1) is 16.5. The van der Waals surface area contributed by atoms with Gasteiger partial charge in [-0.05, 0) is 49.2 Å². The Morgan fingerprint density at radius 1 is 1.04 bits per heavy atom. The van der Waals surface area contributed by atoms with E-state index < -0.39 is 0 Å². The molecule has 0 fully saturated rings. The molecule has 4 nitrogen and oxygen atoms in total. The van der Waals surface area contributed by atoms with Crippen LogP contribution in [0.15, 0.2) is 65.3 Å². The van der Waals surface area contributed by atoms with Gasteiger partial charge in [-0.2, -0.15) is 4.98 Å². The maximum Gasteiger partial charge on any atom is 0.229 e. The van der Waals surface area contributed by atoms with Crippen LogP contribution in [0, 0.1) is 6.92 Å². The van der Waals surface area contributed by atoms with E-state index in [0.29, 0.717) is 5.95 Å². The summed E-state index contributed by atoms with van der Waals surface area (Å²) in [7, 11) is 0. The summed E-state index contributed by atoms with van der Waals surface area (Å²) in [6.45, 7) is 4.16. The van der Waals surface area contributed by atoms with Crippen LogP contribution in [0.2, 0.25) is 0 Å². The lowest BCUT2D eigenvalue weighted by Crippen LogP contribution is -2.09. The second-order valence-electron chi connectivity index (χ2n) is 5.63. The molecule has 1 atom stereocenters. The van der Waals surface area contributed by atoms with E-state index in [9.17, 15) is 0 Å². The third kappa shape index (κ3) is 4.11. The van der Waals surface area contributed by atoms with Crippen molar-refractivity contribution in [3.05, 3.63) is 76.4 Å². The molecule has 0 spiro atoms. The van der Waals surface area contributed by atoms with Crippen LogP contribution < -0.4 is 10.6 Å². The first-order valence-corrected chi connectivity index (χ1v) is 8.59. The molecule has 2 N–H and O–H groups in total. The van der Waals surface area contributed by atoms with Crippen molar-refractivity contribution in [3.8, 4) is 0 Å². The molecular formula is C19H19BrN4. The summed E-state index contributed by atoms with van der Waals surface area (Å²) in [6.07, 6.45) is 1.75. The average molecular weight is 383 g/mol. The molecule has 1 unspecified atom stereocenters. The molecule has 1 heterocycles. The van der Waals surface area contributed by atoms with Crippen molar-refractivity contribution in [2.45, 2.75) is 19.9 Å². The van der Waals surface area contributed by atoms with Crippen LogP contribution in [0.3, 0.4) is 0 Å². The van der Waals surface area contributed by atoms with Crippen LogP contribution in [-0.2, 0) is 0 Å². The number of rotatable bonds is 5. The van der Waals surface area contributed by atoms with Crippen LogP contribution in [0.1, 0.15) is 24.1 Å². The van der Waals surface area contributed by atoms with Crippen molar-refractivity contribution < 1.29 is 0 Å². The van der Waals surface area contributed by atoms with Gasteiger partial charge >= 0.3 is 0 Å². The predicted molar refractivity (Wildman–Crippen MR) is 103 cm³/mol. The number of anilines is 3. The fourth-order valence-electron chi connectivity index (χ4n) is 2.43. The standard InChI is InChI=1S/C19H19BrN4/c1-13-12-16(20)8-9-17(13)23-19-21-11-10-18(24-19)22-14(2)15-6-4-3-5-7-15/h3-12,14H,1-2H3,(H2,21,22,23,24). The highest BCUT2D eigenvalue weighted by molar-refractivity contribution is 9.10. The van der Waals surface area contributed by atoms with Crippen molar-refractivity contribution in [1.82, 2.24) is 9.97 Å². The van der Waals surface area contributed by atoms with E-state index in [1.807, 2.05) is 43.3 Å².